The van der Waals surface area contributed by atoms with Crippen LogP contribution in [-0.2, 0) is 28.3 Å². The molecule has 0 radical (unpaired) electrons. The van der Waals surface area contributed by atoms with Gasteiger partial charge >= 0.3 is 7.82 Å². The van der Waals surface area contributed by atoms with Crippen molar-refractivity contribution in [3.63, 3.8) is 0 Å². The molecule has 6 saturated carbocycles. The summed E-state index contributed by atoms with van der Waals surface area (Å²) < 4.78 is 15.4. The average Bonchev–Trinajstić information content (AvgIpc) is 3.55. The van der Waals surface area contributed by atoms with Gasteiger partial charge in [0.15, 0.2) is 23.1 Å². The highest BCUT2D eigenvalue weighted by atomic mass is 31.2. The van der Waals surface area contributed by atoms with Crippen LogP contribution >= 0.6 is 7.82 Å². The molecule has 7 N–H and O–H groups in total. The van der Waals surface area contributed by atoms with Crippen LogP contribution in [0.15, 0.2) is 47.6 Å². The highest BCUT2D eigenvalue weighted by Crippen LogP contribution is 2.69. The first kappa shape index (κ1) is 41.7. The van der Waals surface area contributed by atoms with Crippen LogP contribution in [0.1, 0.15) is 91.9 Å². The highest BCUT2D eigenvalue weighted by Gasteiger charge is 2.69. The fraction of sp³-hybridized carbons (Fsp3) is 0.714. The largest absolute Gasteiger partial charge is 0.470 e. The van der Waals surface area contributed by atoms with Gasteiger partial charge in [-0.2, -0.15) is 0 Å². The summed E-state index contributed by atoms with van der Waals surface area (Å²) in [6, 6.07) is 0. The Balaban J connectivity index is 0.000000173. The van der Waals surface area contributed by atoms with E-state index in [2.05, 4.69) is 11.4 Å². The van der Waals surface area contributed by atoms with Crippen molar-refractivity contribution in [3.05, 3.63) is 47.6 Å². The normalized spacial score (nSPS) is 47.5. The Labute approximate surface area is 327 Å². The standard InChI is InChI=1S/C21H29O8P.C21H28O5/c1-19-7-5-13(22)9-12(19)3-4-14-15-6-8-21(25,17(24)11-29-30(26,27)28)20(15,2)10-16(23)18(14)19;1-19-7-5-13(23)9-12(19)3-4-14-15-6-8-21(26,17(25)11-22)20(15,2)10-16(24)18(14)19/h5,7,9,14-16,18,23,25H,3-4,6,8,10-11H2,1-2H3,(H2,26,27,28);5,7,9,14-16,18,22,24,26H,3-4,6,8,10-11H2,1-2H3/t2*14?,15?,16-,18?,19?,20?,21-/m00/s1. The van der Waals surface area contributed by atoms with E-state index in [0.717, 1.165) is 43.3 Å². The average molecular weight is 801 g/mol. The molecule has 0 bridgehead atoms. The molecule has 13 nitrogen and oxygen atoms in total. The minimum atomic E-state index is -4.84. The number of phosphoric ester groups is 1. The first-order chi connectivity index (χ1) is 26.0. The van der Waals surface area contributed by atoms with Crippen LogP contribution in [0.25, 0.3) is 0 Å². The second kappa shape index (κ2) is 13.8. The quantitative estimate of drug-likeness (QED) is 0.192. The van der Waals surface area contributed by atoms with Gasteiger partial charge in [-0.3, -0.25) is 23.7 Å². The second-order valence-electron chi connectivity index (χ2n) is 19.0. The van der Waals surface area contributed by atoms with Crippen molar-refractivity contribution in [2.24, 2.45) is 57.2 Å². The number of fused-ring (bicyclic) bond motifs is 10. The molecule has 0 aromatic carbocycles. The molecule has 8 aliphatic carbocycles. The molecule has 0 heterocycles. The first-order valence-corrected chi connectivity index (χ1v) is 21.6. The van der Waals surface area contributed by atoms with Crippen molar-refractivity contribution in [3.8, 4) is 0 Å². The number of carbonyl (C=O) groups is 4. The summed E-state index contributed by atoms with van der Waals surface area (Å²) >= 11 is 0. The lowest BCUT2D eigenvalue weighted by Crippen LogP contribution is -2.61. The van der Waals surface area contributed by atoms with Gasteiger partial charge in [0.05, 0.1) is 12.2 Å². The Kier molecular flexibility index (Phi) is 10.3. The zero-order valence-electron chi connectivity index (χ0n) is 32.6. The van der Waals surface area contributed by atoms with Crippen molar-refractivity contribution in [1.29, 1.82) is 0 Å². The van der Waals surface area contributed by atoms with Crippen LogP contribution in [0.5, 0.6) is 0 Å². The SMILES string of the molecule is CC12C=CC(=O)C=C1CCC1C2[C@@H](O)CC2(C)C1CC[C@]2(O)C(=O)CO.CC12C=CC(=O)C=C1CCC1C2[C@@H](O)CC2(C)C1CC[C@]2(O)C(=O)COP(=O)(O)O. The maximum absolute atomic E-state index is 12.8. The number of carbonyl (C=O) groups excluding carboxylic acids is 4. The van der Waals surface area contributed by atoms with Gasteiger partial charge < -0.3 is 35.3 Å². The van der Waals surface area contributed by atoms with E-state index in [1.54, 1.807) is 31.2 Å². The topological polar surface area (TPSA) is 236 Å². The van der Waals surface area contributed by atoms with Gasteiger partial charge in [0.2, 0.25) is 0 Å². The van der Waals surface area contributed by atoms with Crippen molar-refractivity contribution in [2.75, 3.05) is 13.2 Å². The minimum Gasteiger partial charge on any atom is -0.393 e. The summed E-state index contributed by atoms with van der Waals surface area (Å²) in [6.45, 7) is 6.31. The lowest BCUT2D eigenvalue weighted by atomic mass is 9.46. The van der Waals surface area contributed by atoms with Crippen LogP contribution in [-0.4, -0.2) is 95.1 Å². The molecule has 0 spiro atoms. The second-order valence-corrected chi connectivity index (χ2v) is 20.2. The minimum absolute atomic E-state index is 0.00912. The van der Waals surface area contributed by atoms with Crippen molar-refractivity contribution in [2.45, 2.75) is 115 Å². The van der Waals surface area contributed by atoms with E-state index in [-0.39, 0.29) is 65.3 Å². The maximum atomic E-state index is 12.8. The number of ketones is 4. The molecule has 0 aromatic heterocycles. The van der Waals surface area contributed by atoms with Gasteiger partial charge in [0.1, 0.15) is 24.4 Å². The number of hydrogen-bond donors (Lipinski definition) is 7. The summed E-state index contributed by atoms with van der Waals surface area (Å²) in [5, 5.41) is 54.3. The Morgan fingerprint density at radius 2 is 1.14 bits per heavy atom. The van der Waals surface area contributed by atoms with Crippen LogP contribution in [0.4, 0.5) is 0 Å². The zero-order valence-corrected chi connectivity index (χ0v) is 33.5. The third-order valence-electron chi connectivity index (χ3n) is 16.7. The van der Waals surface area contributed by atoms with Crippen LogP contribution in [0, 0.1) is 57.2 Å². The Bertz CT molecular complexity index is 1880. The maximum Gasteiger partial charge on any atom is 0.470 e. The molecule has 6 fully saturated rings. The van der Waals surface area contributed by atoms with Gasteiger partial charge in [-0.25, -0.2) is 4.57 Å². The van der Waals surface area contributed by atoms with E-state index in [1.165, 1.54) is 0 Å². The van der Waals surface area contributed by atoms with Gasteiger partial charge in [-0.05, 0) is 112 Å². The van der Waals surface area contributed by atoms with Crippen molar-refractivity contribution >= 4 is 31.0 Å². The summed E-state index contributed by atoms with van der Waals surface area (Å²) in [4.78, 5) is 66.7. The van der Waals surface area contributed by atoms with E-state index in [1.807, 2.05) is 26.0 Å². The van der Waals surface area contributed by atoms with Crippen LogP contribution in [0.3, 0.4) is 0 Å². The molecule has 0 amide bonds. The lowest BCUT2D eigenvalue weighted by Gasteiger charge is -2.59. The van der Waals surface area contributed by atoms with Crippen LogP contribution in [0.2, 0.25) is 0 Å². The Morgan fingerprint density at radius 3 is 1.54 bits per heavy atom. The summed E-state index contributed by atoms with van der Waals surface area (Å²) in [5.41, 5.74) is -3.69. The molecule has 56 heavy (non-hydrogen) atoms. The molecular weight excluding hydrogens is 743 g/mol. The fourth-order valence-corrected chi connectivity index (χ4v) is 14.3. The van der Waals surface area contributed by atoms with Crippen LogP contribution < -0.4 is 0 Å². The molecule has 14 atom stereocenters. The monoisotopic (exact) mass is 800 g/mol. The number of Topliss-reactive ketones (excluding diaryl/α,β-unsaturated/α-hetero) is 2. The fourth-order valence-electron chi connectivity index (χ4n) is 14.0. The molecular formula is C42H57O13P. The predicted octanol–water partition coefficient (Wildman–Crippen LogP) is 3.23. The molecule has 308 valence electrons. The first-order valence-electron chi connectivity index (χ1n) is 20.1. The van der Waals surface area contributed by atoms with Gasteiger partial charge in [0, 0.05) is 33.5 Å². The number of phosphoric acid groups is 1. The molecule has 14 heteroatoms. The van der Waals surface area contributed by atoms with Gasteiger partial charge in [0.25, 0.3) is 0 Å². The molecule has 8 aliphatic rings. The summed E-state index contributed by atoms with van der Waals surface area (Å²) in [6.07, 6.45) is 14.4. The molecule has 0 saturated heterocycles. The Morgan fingerprint density at radius 1 is 0.732 bits per heavy atom. The third kappa shape index (κ3) is 6.05. The zero-order chi connectivity index (χ0) is 41.0. The lowest BCUT2D eigenvalue weighted by molar-refractivity contribution is -0.178. The van der Waals surface area contributed by atoms with E-state index in [0.29, 0.717) is 19.3 Å². The molecule has 10 unspecified atom stereocenters. The van der Waals surface area contributed by atoms with E-state index >= 15 is 0 Å². The van der Waals surface area contributed by atoms with Gasteiger partial charge in [-0.1, -0.05) is 51.0 Å². The van der Waals surface area contributed by atoms with Crippen molar-refractivity contribution in [1.82, 2.24) is 0 Å². The van der Waals surface area contributed by atoms with Crippen molar-refractivity contribution < 1.29 is 63.6 Å². The van der Waals surface area contributed by atoms with E-state index in [9.17, 15) is 49.3 Å². The number of aliphatic hydroxyl groups excluding tert-OH is 3. The van der Waals surface area contributed by atoms with E-state index in [4.69, 9.17) is 9.79 Å². The smallest absolute Gasteiger partial charge is 0.393 e. The third-order valence-corrected chi connectivity index (χ3v) is 17.2. The van der Waals surface area contributed by atoms with Gasteiger partial charge in [-0.15, -0.1) is 0 Å². The molecule has 0 aromatic rings. The number of allylic oxidation sites excluding steroid dienone is 8. The number of rotatable bonds is 6. The predicted molar refractivity (Wildman–Crippen MR) is 201 cm³/mol. The number of aliphatic hydroxyl groups is 5. The Hall–Kier alpha value is -2.45. The molecule has 0 aliphatic heterocycles. The molecule has 8 rings (SSSR count). The van der Waals surface area contributed by atoms with E-state index < -0.39 is 72.3 Å². The number of hydrogen-bond acceptors (Lipinski definition) is 11. The summed E-state index contributed by atoms with van der Waals surface area (Å²) in [7, 11) is -4.84. The highest BCUT2D eigenvalue weighted by molar-refractivity contribution is 7.46. The summed E-state index contributed by atoms with van der Waals surface area (Å²) in [5.74, 6) is -1.11.